The Morgan fingerprint density at radius 2 is 2.06 bits per heavy atom. The lowest BCUT2D eigenvalue weighted by atomic mass is 9.62. The first-order chi connectivity index (χ1) is 8.76. The van der Waals surface area contributed by atoms with E-state index in [1.54, 1.807) is 0 Å². The maximum Gasteiger partial charge on any atom is 0.407 e. The molecule has 4 nitrogen and oxygen atoms in total. The second-order valence-corrected chi connectivity index (χ2v) is 5.41. The van der Waals surface area contributed by atoms with Crippen LogP contribution in [0, 0.1) is 5.41 Å². The standard InChI is InChI=1S/C14H18N2O2/c17-13(18-8-11-4-2-1-3-5-11)16-12-6-14(7-12)9-15-10-14/h1-5,12,15H,6-10H2,(H,16,17). The smallest absolute Gasteiger partial charge is 0.407 e. The van der Waals surface area contributed by atoms with Crippen LogP contribution in [0.15, 0.2) is 30.3 Å². The van der Waals surface area contributed by atoms with Crippen LogP contribution in [0.4, 0.5) is 4.79 Å². The van der Waals surface area contributed by atoms with Crippen LogP contribution < -0.4 is 10.6 Å². The van der Waals surface area contributed by atoms with Gasteiger partial charge in [0.2, 0.25) is 0 Å². The number of rotatable bonds is 3. The van der Waals surface area contributed by atoms with Gasteiger partial charge in [-0.05, 0) is 23.8 Å². The van der Waals surface area contributed by atoms with Crippen molar-refractivity contribution in [1.82, 2.24) is 10.6 Å². The molecule has 0 aromatic heterocycles. The predicted octanol–water partition coefficient (Wildman–Crippen LogP) is 1.66. The molecular formula is C14H18N2O2. The zero-order valence-corrected chi connectivity index (χ0v) is 10.3. The van der Waals surface area contributed by atoms with Gasteiger partial charge in [0.05, 0.1) is 0 Å². The van der Waals surface area contributed by atoms with Crippen LogP contribution in [0.5, 0.6) is 0 Å². The highest BCUT2D eigenvalue weighted by atomic mass is 16.5. The highest BCUT2D eigenvalue weighted by Gasteiger charge is 2.48. The fourth-order valence-corrected chi connectivity index (χ4v) is 2.79. The minimum Gasteiger partial charge on any atom is -0.445 e. The van der Waals surface area contributed by atoms with Gasteiger partial charge in [0.25, 0.3) is 0 Å². The van der Waals surface area contributed by atoms with E-state index in [1.807, 2.05) is 30.3 Å². The van der Waals surface area contributed by atoms with Crippen LogP contribution in [0.2, 0.25) is 0 Å². The molecule has 0 bridgehead atoms. The Morgan fingerprint density at radius 3 is 2.67 bits per heavy atom. The monoisotopic (exact) mass is 246 g/mol. The van der Waals surface area contributed by atoms with E-state index in [4.69, 9.17) is 4.74 Å². The Morgan fingerprint density at radius 1 is 1.33 bits per heavy atom. The number of hydrogen-bond acceptors (Lipinski definition) is 3. The van der Waals surface area contributed by atoms with Gasteiger partial charge in [-0.25, -0.2) is 4.79 Å². The summed E-state index contributed by atoms with van der Waals surface area (Å²) in [4.78, 5) is 11.6. The number of carbonyl (C=O) groups excluding carboxylic acids is 1. The van der Waals surface area contributed by atoms with Crippen molar-refractivity contribution in [2.75, 3.05) is 13.1 Å². The van der Waals surface area contributed by atoms with E-state index in [2.05, 4.69) is 10.6 Å². The number of alkyl carbamates (subject to hydrolysis) is 1. The molecule has 0 radical (unpaired) electrons. The fraction of sp³-hybridized carbons (Fsp3) is 0.500. The van der Waals surface area contributed by atoms with Crippen LogP contribution >= 0.6 is 0 Å². The molecule has 96 valence electrons. The van der Waals surface area contributed by atoms with E-state index in [0.717, 1.165) is 31.5 Å². The third-order valence-electron chi connectivity index (χ3n) is 3.89. The molecule has 2 aliphatic rings. The summed E-state index contributed by atoms with van der Waals surface area (Å²) < 4.78 is 5.19. The molecule has 2 N–H and O–H groups in total. The van der Waals surface area contributed by atoms with Crippen molar-refractivity contribution in [3.8, 4) is 0 Å². The van der Waals surface area contributed by atoms with E-state index >= 15 is 0 Å². The highest BCUT2D eigenvalue weighted by molar-refractivity contribution is 5.67. The van der Waals surface area contributed by atoms with Crippen molar-refractivity contribution in [3.63, 3.8) is 0 Å². The maximum absolute atomic E-state index is 11.6. The number of carbonyl (C=O) groups is 1. The van der Waals surface area contributed by atoms with Crippen LogP contribution in [0.25, 0.3) is 0 Å². The van der Waals surface area contributed by atoms with Gasteiger partial charge < -0.3 is 15.4 Å². The molecule has 1 aromatic carbocycles. The average molecular weight is 246 g/mol. The van der Waals surface area contributed by atoms with Crippen LogP contribution in [0.3, 0.4) is 0 Å². The van der Waals surface area contributed by atoms with Crippen LogP contribution in [-0.4, -0.2) is 25.2 Å². The zero-order chi connectivity index (χ0) is 12.4. The van der Waals surface area contributed by atoms with E-state index in [1.165, 1.54) is 0 Å². The molecule has 18 heavy (non-hydrogen) atoms. The Balaban J connectivity index is 1.38. The quantitative estimate of drug-likeness (QED) is 0.853. The largest absolute Gasteiger partial charge is 0.445 e. The summed E-state index contributed by atoms with van der Waals surface area (Å²) in [5, 5.41) is 6.20. The molecule has 1 spiro atoms. The molecule has 0 atom stereocenters. The molecule has 1 amide bonds. The minimum atomic E-state index is -0.300. The van der Waals surface area contributed by atoms with Crippen molar-refractivity contribution >= 4 is 6.09 Å². The summed E-state index contributed by atoms with van der Waals surface area (Å²) in [5.41, 5.74) is 1.50. The highest BCUT2D eigenvalue weighted by Crippen LogP contribution is 2.44. The summed E-state index contributed by atoms with van der Waals surface area (Å²) in [6.45, 7) is 2.54. The SMILES string of the molecule is O=C(NC1CC2(CNC2)C1)OCc1ccccc1. The Labute approximate surface area is 107 Å². The van der Waals surface area contributed by atoms with Gasteiger partial charge in [0.15, 0.2) is 0 Å². The van der Waals surface area contributed by atoms with Gasteiger partial charge in [-0.15, -0.1) is 0 Å². The van der Waals surface area contributed by atoms with E-state index in [9.17, 15) is 4.79 Å². The lowest BCUT2D eigenvalue weighted by Crippen LogP contribution is -2.65. The normalized spacial score (nSPS) is 20.9. The Bertz CT molecular complexity index is 421. The number of hydrogen-bond donors (Lipinski definition) is 2. The molecule has 1 aliphatic heterocycles. The minimum absolute atomic E-state index is 0.300. The van der Waals surface area contributed by atoms with Crippen molar-refractivity contribution in [2.24, 2.45) is 5.41 Å². The zero-order valence-electron chi connectivity index (χ0n) is 10.3. The van der Waals surface area contributed by atoms with Crippen molar-refractivity contribution in [2.45, 2.75) is 25.5 Å². The van der Waals surface area contributed by atoms with E-state index in [0.29, 0.717) is 18.1 Å². The molecule has 1 aromatic rings. The Hall–Kier alpha value is -1.55. The van der Waals surface area contributed by atoms with Gasteiger partial charge in [0.1, 0.15) is 6.61 Å². The topological polar surface area (TPSA) is 50.4 Å². The summed E-state index contributed by atoms with van der Waals surface area (Å²) in [6, 6.07) is 10.0. The van der Waals surface area contributed by atoms with Crippen molar-refractivity contribution in [1.29, 1.82) is 0 Å². The average Bonchev–Trinajstić information content (AvgIpc) is 2.29. The molecule has 1 heterocycles. The summed E-state index contributed by atoms with van der Waals surface area (Å²) in [7, 11) is 0. The lowest BCUT2D eigenvalue weighted by Gasteiger charge is -2.54. The molecule has 4 heteroatoms. The van der Waals surface area contributed by atoms with Gasteiger partial charge in [-0.3, -0.25) is 0 Å². The van der Waals surface area contributed by atoms with Crippen molar-refractivity contribution in [3.05, 3.63) is 35.9 Å². The molecule has 1 saturated heterocycles. The molecular weight excluding hydrogens is 228 g/mol. The molecule has 1 aliphatic carbocycles. The third-order valence-corrected chi connectivity index (χ3v) is 3.89. The number of amides is 1. The number of nitrogens with one attached hydrogen (secondary N) is 2. The van der Waals surface area contributed by atoms with Crippen LogP contribution in [-0.2, 0) is 11.3 Å². The second-order valence-electron chi connectivity index (χ2n) is 5.41. The first-order valence-corrected chi connectivity index (χ1v) is 6.44. The van der Waals surface area contributed by atoms with E-state index < -0.39 is 0 Å². The first-order valence-electron chi connectivity index (χ1n) is 6.44. The van der Waals surface area contributed by atoms with Gasteiger partial charge in [0, 0.05) is 19.1 Å². The predicted molar refractivity (Wildman–Crippen MR) is 68.1 cm³/mol. The fourth-order valence-electron chi connectivity index (χ4n) is 2.79. The van der Waals surface area contributed by atoms with E-state index in [-0.39, 0.29) is 6.09 Å². The molecule has 0 unspecified atom stereocenters. The molecule has 3 rings (SSSR count). The lowest BCUT2D eigenvalue weighted by molar-refractivity contribution is 0.0213. The summed E-state index contributed by atoms with van der Waals surface area (Å²) in [5.74, 6) is 0. The number of ether oxygens (including phenoxy) is 1. The van der Waals surface area contributed by atoms with Gasteiger partial charge >= 0.3 is 6.09 Å². The summed E-state index contributed by atoms with van der Waals surface area (Å²) >= 11 is 0. The van der Waals surface area contributed by atoms with Crippen LogP contribution in [0.1, 0.15) is 18.4 Å². The van der Waals surface area contributed by atoms with Crippen molar-refractivity contribution < 1.29 is 9.53 Å². The molecule has 2 fully saturated rings. The third kappa shape index (κ3) is 2.34. The maximum atomic E-state index is 11.6. The number of benzene rings is 1. The molecule has 1 saturated carbocycles. The van der Waals surface area contributed by atoms with Gasteiger partial charge in [-0.2, -0.15) is 0 Å². The second kappa shape index (κ2) is 4.61. The summed E-state index contributed by atoms with van der Waals surface area (Å²) in [6.07, 6.45) is 1.87. The van der Waals surface area contributed by atoms with Gasteiger partial charge in [-0.1, -0.05) is 30.3 Å². The first kappa shape index (κ1) is 11.5. The Kier molecular flexibility index (Phi) is 2.96.